The quantitative estimate of drug-likeness (QED) is 0.515. The van der Waals surface area contributed by atoms with Gasteiger partial charge in [0.2, 0.25) is 0 Å². The highest BCUT2D eigenvalue weighted by Gasteiger charge is 2.20. The number of nitrogens with zero attached hydrogens (tertiary/aromatic N) is 2. The summed E-state index contributed by atoms with van der Waals surface area (Å²) in [7, 11) is 1.83. The topological polar surface area (TPSA) is 134 Å². The molecule has 1 atom stereocenters. The lowest BCUT2D eigenvalue weighted by molar-refractivity contribution is -0.140. The summed E-state index contributed by atoms with van der Waals surface area (Å²) in [5.41, 5.74) is 0. The molecule has 2 amide bonds. The van der Waals surface area contributed by atoms with Crippen molar-refractivity contribution in [2.24, 2.45) is 7.05 Å². The Morgan fingerprint density at radius 2 is 2.10 bits per heavy atom. The van der Waals surface area contributed by atoms with Crippen molar-refractivity contribution in [3.05, 3.63) is 18.2 Å². The summed E-state index contributed by atoms with van der Waals surface area (Å²) >= 11 is 0. The second-order valence-electron chi connectivity index (χ2n) is 4.43. The highest BCUT2D eigenvalue weighted by atomic mass is 16.4. The number of hydrogen-bond acceptors (Lipinski definition) is 4. The van der Waals surface area contributed by atoms with Crippen LogP contribution >= 0.6 is 0 Å². The summed E-state index contributed by atoms with van der Waals surface area (Å²) in [6, 6.07) is -1.88. The maximum absolute atomic E-state index is 11.6. The van der Waals surface area contributed by atoms with Crippen LogP contribution in [0, 0.1) is 0 Å². The fourth-order valence-corrected chi connectivity index (χ4v) is 1.66. The molecule has 1 unspecified atom stereocenters. The Balaban J connectivity index is 2.34. The molecule has 0 aliphatic heterocycles. The van der Waals surface area contributed by atoms with E-state index in [4.69, 9.17) is 10.2 Å². The van der Waals surface area contributed by atoms with Gasteiger partial charge >= 0.3 is 18.0 Å². The molecule has 116 valence electrons. The second kappa shape index (κ2) is 7.88. The van der Waals surface area contributed by atoms with E-state index >= 15 is 0 Å². The summed E-state index contributed by atoms with van der Waals surface area (Å²) in [6.07, 6.45) is 3.43. The molecule has 0 saturated carbocycles. The van der Waals surface area contributed by atoms with E-state index in [-0.39, 0.29) is 12.8 Å². The van der Waals surface area contributed by atoms with E-state index in [1.165, 1.54) is 0 Å². The van der Waals surface area contributed by atoms with Gasteiger partial charge < -0.3 is 25.4 Å². The molecule has 0 fully saturated rings. The van der Waals surface area contributed by atoms with Crippen LogP contribution in [0.2, 0.25) is 0 Å². The molecule has 0 radical (unpaired) electrons. The predicted molar refractivity (Wildman–Crippen MR) is 71.7 cm³/mol. The molecule has 0 aliphatic carbocycles. The number of hydrogen-bond donors (Lipinski definition) is 4. The van der Waals surface area contributed by atoms with Gasteiger partial charge in [-0.15, -0.1) is 0 Å². The van der Waals surface area contributed by atoms with E-state index in [2.05, 4.69) is 15.6 Å². The van der Waals surface area contributed by atoms with Crippen molar-refractivity contribution in [3.63, 3.8) is 0 Å². The minimum absolute atomic E-state index is 0.169. The lowest BCUT2D eigenvalue weighted by atomic mass is 10.1. The number of carboxylic acid groups (broad SMARTS) is 2. The van der Waals surface area contributed by atoms with Crippen LogP contribution in [-0.2, 0) is 23.1 Å². The zero-order valence-corrected chi connectivity index (χ0v) is 11.6. The van der Waals surface area contributed by atoms with E-state index in [0.717, 1.165) is 5.82 Å². The summed E-state index contributed by atoms with van der Waals surface area (Å²) in [4.78, 5) is 37.0. The van der Waals surface area contributed by atoms with Crippen molar-refractivity contribution in [2.45, 2.75) is 25.3 Å². The number of rotatable bonds is 8. The van der Waals surface area contributed by atoms with Gasteiger partial charge in [-0.05, 0) is 6.42 Å². The van der Waals surface area contributed by atoms with Crippen LogP contribution in [0.25, 0.3) is 0 Å². The maximum atomic E-state index is 11.6. The molecule has 0 aromatic carbocycles. The van der Waals surface area contributed by atoms with Gasteiger partial charge in [-0.3, -0.25) is 4.79 Å². The molecule has 1 aromatic rings. The Labute approximate surface area is 121 Å². The van der Waals surface area contributed by atoms with Crippen molar-refractivity contribution < 1.29 is 24.6 Å². The Morgan fingerprint density at radius 3 is 2.62 bits per heavy atom. The van der Waals surface area contributed by atoms with Crippen LogP contribution in [0.15, 0.2) is 12.4 Å². The molecule has 1 rings (SSSR count). The number of aliphatic carboxylic acids is 2. The monoisotopic (exact) mass is 298 g/mol. The second-order valence-corrected chi connectivity index (χ2v) is 4.43. The first-order valence-electron chi connectivity index (χ1n) is 6.35. The molecule has 0 spiro atoms. The fourth-order valence-electron chi connectivity index (χ4n) is 1.66. The standard InChI is InChI=1S/C12H18N4O5/c1-16-7-6-13-9(16)4-5-14-12(21)15-8(11(19)20)2-3-10(17)18/h6-8H,2-5H2,1H3,(H,17,18)(H,19,20)(H2,14,15,21). The van der Waals surface area contributed by atoms with Gasteiger partial charge in [0.1, 0.15) is 11.9 Å². The predicted octanol–water partition coefficient (Wildman–Crippen LogP) is -0.420. The zero-order chi connectivity index (χ0) is 15.8. The van der Waals surface area contributed by atoms with Gasteiger partial charge in [0.25, 0.3) is 0 Å². The smallest absolute Gasteiger partial charge is 0.326 e. The van der Waals surface area contributed by atoms with Crippen LogP contribution in [-0.4, -0.2) is 50.3 Å². The van der Waals surface area contributed by atoms with E-state index < -0.39 is 24.0 Å². The van der Waals surface area contributed by atoms with Crippen molar-refractivity contribution >= 4 is 18.0 Å². The Hall–Kier alpha value is -2.58. The third-order valence-electron chi connectivity index (χ3n) is 2.81. The van der Waals surface area contributed by atoms with Gasteiger partial charge in [-0.25, -0.2) is 14.6 Å². The van der Waals surface area contributed by atoms with Gasteiger partial charge in [-0.2, -0.15) is 0 Å². The molecule has 1 aromatic heterocycles. The number of amides is 2. The fraction of sp³-hybridized carbons (Fsp3) is 0.500. The molecule has 9 heteroatoms. The molecule has 4 N–H and O–H groups in total. The number of aromatic nitrogens is 2. The van der Waals surface area contributed by atoms with Crippen molar-refractivity contribution in [3.8, 4) is 0 Å². The maximum Gasteiger partial charge on any atom is 0.326 e. The number of carbonyl (C=O) groups excluding carboxylic acids is 1. The zero-order valence-electron chi connectivity index (χ0n) is 11.6. The normalized spacial score (nSPS) is 11.7. The van der Waals surface area contributed by atoms with E-state index in [1.807, 2.05) is 11.6 Å². The van der Waals surface area contributed by atoms with E-state index in [9.17, 15) is 14.4 Å². The van der Waals surface area contributed by atoms with Gasteiger partial charge in [-0.1, -0.05) is 0 Å². The van der Waals surface area contributed by atoms with Crippen LogP contribution < -0.4 is 10.6 Å². The first kappa shape index (κ1) is 16.5. The average molecular weight is 298 g/mol. The number of urea groups is 1. The first-order chi connectivity index (χ1) is 9.90. The van der Waals surface area contributed by atoms with E-state index in [1.54, 1.807) is 12.4 Å². The lowest BCUT2D eigenvalue weighted by Gasteiger charge is -2.14. The number of carboxylic acids is 2. The molecule has 1 heterocycles. The highest BCUT2D eigenvalue weighted by Crippen LogP contribution is 1.98. The molecule has 0 bridgehead atoms. The van der Waals surface area contributed by atoms with Crippen LogP contribution in [0.4, 0.5) is 4.79 Å². The molecule has 21 heavy (non-hydrogen) atoms. The molecular weight excluding hydrogens is 280 g/mol. The van der Waals surface area contributed by atoms with Crippen molar-refractivity contribution in [2.75, 3.05) is 6.54 Å². The van der Waals surface area contributed by atoms with Gasteiger partial charge in [0.15, 0.2) is 0 Å². The summed E-state index contributed by atoms with van der Waals surface area (Å²) < 4.78 is 1.81. The third kappa shape index (κ3) is 5.93. The van der Waals surface area contributed by atoms with E-state index in [0.29, 0.717) is 13.0 Å². The average Bonchev–Trinajstić information content (AvgIpc) is 2.79. The van der Waals surface area contributed by atoms with Crippen LogP contribution in [0.5, 0.6) is 0 Å². The third-order valence-corrected chi connectivity index (χ3v) is 2.81. The van der Waals surface area contributed by atoms with Crippen LogP contribution in [0.1, 0.15) is 18.7 Å². The minimum atomic E-state index is -1.27. The number of nitrogens with one attached hydrogen (secondary N) is 2. The van der Waals surface area contributed by atoms with Crippen molar-refractivity contribution in [1.82, 2.24) is 20.2 Å². The molecule has 9 nitrogen and oxygen atoms in total. The number of carbonyl (C=O) groups is 3. The molecule has 0 saturated heterocycles. The lowest BCUT2D eigenvalue weighted by Crippen LogP contribution is -2.46. The summed E-state index contributed by atoms with van der Waals surface area (Å²) in [5, 5.41) is 22.2. The highest BCUT2D eigenvalue weighted by molar-refractivity contribution is 5.82. The largest absolute Gasteiger partial charge is 0.481 e. The molecular formula is C12H18N4O5. The number of aryl methyl sites for hydroxylation is 1. The minimum Gasteiger partial charge on any atom is -0.481 e. The SMILES string of the molecule is Cn1ccnc1CCNC(=O)NC(CCC(=O)O)C(=O)O. The summed E-state index contributed by atoms with van der Waals surface area (Å²) in [5.74, 6) is -1.59. The summed E-state index contributed by atoms with van der Waals surface area (Å²) in [6.45, 7) is 0.294. The first-order valence-corrected chi connectivity index (χ1v) is 6.35. The van der Waals surface area contributed by atoms with Gasteiger partial charge in [0, 0.05) is 38.8 Å². The van der Waals surface area contributed by atoms with Gasteiger partial charge in [0.05, 0.1) is 0 Å². The van der Waals surface area contributed by atoms with Crippen molar-refractivity contribution in [1.29, 1.82) is 0 Å². The Morgan fingerprint density at radius 1 is 1.38 bits per heavy atom. The Kier molecular flexibility index (Phi) is 6.18. The molecule has 0 aliphatic rings. The number of imidazole rings is 1. The Bertz CT molecular complexity index is 514. The van der Waals surface area contributed by atoms with Crippen LogP contribution in [0.3, 0.4) is 0 Å².